The normalized spacial score (nSPS) is 17.3. The lowest BCUT2D eigenvalue weighted by atomic mass is 9.92. The summed E-state index contributed by atoms with van der Waals surface area (Å²) in [4.78, 5) is 12.7. The van der Waals surface area contributed by atoms with Crippen LogP contribution >= 0.6 is 11.3 Å². The van der Waals surface area contributed by atoms with Crippen LogP contribution in [0.4, 0.5) is 0 Å². The molecule has 0 aliphatic heterocycles. The van der Waals surface area contributed by atoms with Crippen LogP contribution in [0.5, 0.6) is 0 Å². The molecule has 2 heterocycles. The lowest BCUT2D eigenvalue weighted by molar-refractivity contribution is -0.123. The van der Waals surface area contributed by atoms with E-state index in [2.05, 4.69) is 27.3 Å². The van der Waals surface area contributed by atoms with Gasteiger partial charge >= 0.3 is 0 Å². The number of nitrogens with zero attached hydrogens (tertiary/aromatic N) is 2. The SMILES string of the molecule is CC(NS(=O)(=O)c1cccs1)C(=O)NC1CCCc2c1cnn2Cc1ccccc1. The maximum Gasteiger partial charge on any atom is 0.250 e. The number of nitrogens with one attached hydrogen (secondary N) is 2. The van der Waals surface area contributed by atoms with Crippen molar-refractivity contribution in [1.29, 1.82) is 0 Å². The monoisotopic (exact) mass is 444 g/mol. The van der Waals surface area contributed by atoms with Crippen molar-refractivity contribution in [3.63, 3.8) is 0 Å². The van der Waals surface area contributed by atoms with Gasteiger partial charge in [0.2, 0.25) is 5.91 Å². The van der Waals surface area contributed by atoms with Gasteiger partial charge in [0.05, 0.1) is 24.8 Å². The fourth-order valence-corrected chi connectivity index (χ4v) is 5.93. The van der Waals surface area contributed by atoms with Crippen molar-refractivity contribution in [1.82, 2.24) is 19.8 Å². The van der Waals surface area contributed by atoms with Crippen molar-refractivity contribution < 1.29 is 13.2 Å². The standard InChI is InChI=1S/C21H24N4O3S2/c1-15(24-30(27,28)20-11-6-12-29-20)21(26)23-18-9-5-10-19-17(18)13-22-25(19)14-16-7-3-2-4-8-16/h2-4,6-8,11-13,15,18,24H,5,9-10,14H2,1H3,(H,23,26). The zero-order valence-corrected chi connectivity index (χ0v) is 18.2. The van der Waals surface area contributed by atoms with Crippen LogP contribution in [0.15, 0.2) is 58.3 Å². The molecule has 0 spiro atoms. The van der Waals surface area contributed by atoms with Gasteiger partial charge in [-0.05, 0) is 43.2 Å². The lowest BCUT2D eigenvalue weighted by Gasteiger charge is -2.25. The third-order valence-corrected chi connectivity index (χ3v) is 8.18. The van der Waals surface area contributed by atoms with Gasteiger partial charge in [-0.15, -0.1) is 11.3 Å². The highest BCUT2D eigenvalue weighted by Crippen LogP contribution is 2.30. The molecule has 1 aromatic carbocycles. The molecule has 2 aromatic heterocycles. The zero-order valence-electron chi connectivity index (χ0n) is 16.6. The number of amides is 1. The number of aromatic nitrogens is 2. The summed E-state index contributed by atoms with van der Waals surface area (Å²) >= 11 is 1.12. The minimum atomic E-state index is -3.70. The summed E-state index contributed by atoms with van der Waals surface area (Å²) in [5.74, 6) is -0.344. The molecule has 2 unspecified atom stereocenters. The molecule has 1 amide bonds. The Morgan fingerprint density at radius 2 is 2.07 bits per heavy atom. The molecular formula is C21H24N4O3S2. The molecule has 2 N–H and O–H groups in total. The molecule has 0 radical (unpaired) electrons. The number of hydrogen-bond acceptors (Lipinski definition) is 5. The smallest absolute Gasteiger partial charge is 0.250 e. The Hall–Kier alpha value is -2.49. The van der Waals surface area contributed by atoms with E-state index in [1.165, 1.54) is 11.6 Å². The summed E-state index contributed by atoms with van der Waals surface area (Å²) in [6, 6.07) is 12.3. The molecular weight excluding hydrogens is 420 g/mol. The summed E-state index contributed by atoms with van der Waals surface area (Å²) < 4.78 is 29.4. The molecule has 0 bridgehead atoms. The Labute approximate surface area is 180 Å². The first kappa shape index (κ1) is 20.8. The van der Waals surface area contributed by atoms with E-state index in [1.807, 2.05) is 29.1 Å². The van der Waals surface area contributed by atoms with Gasteiger partial charge in [-0.2, -0.15) is 9.82 Å². The molecule has 3 aromatic rings. The first-order valence-electron chi connectivity index (χ1n) is 9.89. The van der Waals surface area contributed by atoms with Crippen LogP contribution in [-0.2, 0) is 27.8 Å². The number of sulfonamides is 1. The average Bonchev–Trinajstić information content (AvgIpc) is 3.40. The second-order valence-electron chi connectivity index (χ2n) is 7.42. The summed E-state index contributed by atoms with van der Waals surface area (Å²) in [7, 11) is -3.70. The van der Waals surface area contributed by atoms with Crippen molar-refractivity contribution in [3.8, 4) is 0 Å². The average molecular weight is 445 g/mol. The molecule has 0 saturated carbocycles. The first-order valence-corrected chi connectivity index (χ1v) is 12.2. The summed E-state index contributed by atoms with van der Waals surface area (Å²) in [6.45, 7) is 2.25. The predicted octanol–water partition coefficient (Wildman–Crippen LogP) is 2.85. The van der Waals surface area contributed by atoms with E-state index in [1.54, 1.807) is 18.4 Å². The van der Waals surface area contributed by atoms with Crippen molar-refractivity contribution in [3.05, 3.63) is 70.9 Å². The molecule has 0 saturated heterocycles. The van der Waals surface area contributed by atoms with E-state index in [4.69, 9.17) is 0 Å². The second kappa shape index (κ2) is 8.71. The van der Waals surface area contributed by atoms with Gasteiger partial charge < -0.3 is 5.32 Å². The Balaban J connectivity index is 1.44. The summed E-state index contributed by atoms with van der Waals surface area (Å²) in [5, 5.41) is 9.24. The predicted molar refractivity (Wildman–Crippen MR) is 116 cm³/mol. The minimum Gasteiger partial charge on any atom is -0.348 e. The molecule has 1 aliphatic carbocycles. The molecule has 30 heavy (non-hydrogen) atoms. The van der Waals surface area contributed by atoms with Gasteiger partial charge in [0.15, 0.2) is 0 Å². The highest BCUT2D eigenvalue weighted by molar-refractivity contribution is 7.91. The Bertz CT molecular complexity index is 1110. The maximum atomic E-state index is 12.7. The van der Waals surface area contributed by atoms with Crippen LogP contribution in [0.2, 0.25) is 0 Å². The van der Waals surface area contributed by atoms with Crippen LogP contribution in [0.3, 0.4) is 0 Å². The molecule has 9 heteroatoms. The lowest BCUT2D eigenvalue weighted by Crippen LogP contribution is -2.46. The van der Waals surface area contributed by atoms with E-state index in [0.717, 1.165) is 41.9 Å². The molecule has 7 nitrogen and oxygen atoms in total. The number of hydrogen-bond donors (Lipinski definition) is 2. The molecule has 2 atom stereocenters. The van der Waals surface area contributed by atoms with Gasteiger partial charge in [0.1, 0.15) is 4.21 Å². The van der Waals surface area contributed by atoms with E-state index >= 15 is 0 Å². The molecule has 4 rings (SSSR count). The largest absolute Gasteiger partial charge is 0.348 e. The van der Waals surface area contributed by atoms with Gasteiger partial charge in [-0.3, -0.25) is 9.48 Å². The Morgan fingerprint density at radius 3 is 2.80 bits per heavy atom. The summed E-state index contributed by atoms with van der Waals surface area (Å²) in [5.41, 5.74) is 3.31. The summed E-state index contributed by atoms with van der Waals surface area (Å²) in [6.07, 6.45) is 4.48. The third-order valence-electron chi connectivity index (χ3n) is 5.24. The number of rotatable bonds is 7. The number of carbonyl (C=O) groups excluding carboxylic acids is 1. The fraction of sp³-hybridized carbons (Fsp3) is 0.333. The van der Waals surface area contributed by atoms with Crippen LogP contribution < -0.4 is 10.0 Å². The molecule has 0 fully saturated rings. The van der Waals surface area contributed by atoms with Crippen molar-refractivity contribution in [2.75, 3.05) is 0 Å². The van der Waals surface area contributed by atoms with Crippen molar-refractivity contribution >= 4 is 27.3 Å². The zero-order chi connectivity index (χ0) is 21.1. The molecule has 1 aliphatic rings. The quantitative estimate of drug-likeness (QED) is 0.586. The van der Waals surface area contributed by atoms with E-state index in [-0.39, 0.29) is 16.2 Å². The van der Waals surface area contributed by atoms with Crippen LogP contribution in [0, 0.1) is 0 Å². The highest BCUT2D eigenvalue weighted by Gasteiger charge is 2.29. The number of thiophene rings is 1. The van der Waals surface area contributed by atoms with Crippen LogP contribution in [-0.4, -0.2) is 30.1 Å². The van der Waals surface area contributed by atoms with E-state index < -0.39 is 16.1 Å². The number of fused-ring (bicyclic) bond motifs is 1. The van der Waals surface area contributed by atoms with Crippen molar-refractivity contribution in [2.45, 2.75) is 49.0 Å². The Morgan fingerprint density at radius 1 is 1.27 bits per heavy atom. The number of carbonyl (C=O) groups is 1. The van der Waals surface area contributed by atoms with Crippen LogP contribution in [0.1, 0.15) is 42.6 Å². The van der Waals surface area contributed by atoms with E-state index in [0.29, 0.717) is 6.54 Å². The van der Waals surface area contributed by atoms with Gasteiger partial charge in [-0.1, -0.05) is 36.4 Å². The highest BCUT2D eigenvalue weighted by atomic mass is 32.2. The second-order valence-corrected chi connectivity index (χ2v) is 10.3. The number of benzene rings is 1. The fourth-order valence-electron chi connectivity index (χ4n) is 3.72. The minimum absolute atomic E-state index is 0.167. The Kier molecular flexibility index (Phi) is 6.03. The molecule has 158 valence electrons. The van der Waals surface area contributed by atoms with Gasteiger partial charge in [0.25, 0.3) is 10.0 Å². The topological polar surface area (TPSA) is 93.1 Å². The van der Waals surface area contributed by atoms with Gasteiger partial charge in [0, 0.05) is 11.3 Å². The van der Waals surface area contributed by atoms with E-state index in [9.17, 15) is 13.2 Å². The first-order chi connectivity index (χ1) is 14.4. The van der Waals surface area contributed by atoms with Crippen molar-refractivity contribution in [2.24, 2.45) is 0 Å². The van der Waals surface area contributed by atoms with Crippen LogP contribution in [0.25, 0.3) is 0 Å². The van der Waals surface area contributed by atoms with Gasteiger partial charge in [-0.25, -0.2) is 8.42 Å². The maximum absolute atomic E-state index is 12.7. The third kappa shape index (κ3) is 4.48.